The van der Waals surface area contributed by atoms with Crippen molar-refractivity contribution >= 4 is 39.9 Å². The van der Waals surface area contributed by atoms with Crippen LogP contribution in [-0.4, -0.2) is 10.4 Å². The summed E-state index contributed by atoms with van der Waals surface area (Å²) in [4.78, 5) is 11.8. The van der Waals surface area contributed by atoms with E-state index in [2.05, 4.69) is 0 Å². The van der Waals surface area contributed by atoms with Crippen LogP contribution in [0.15, 0.2) is 48.7 Å². The molecule has 21 heavy (non-hydrogen) atoms. The van der Waals surface area contributed by atoms with Gasteiger partial charge in [0.05, 0.1) is 0 Å². The molecule has 0 amide bonds. The van der Waals surface area contributed by atoms with Gasteiger partial charge in [0.2, 0.25) is 0 Å². The Morgan fingerprint density at radius 2 is 1.90 bits per heavy atom. The molecule has 1 aromatic heterocycles. The number of ketones is 1. The fourth-order valence-electron chi connectivity index (χ4n) is 2.49. The predicted octanol–water partition coefficient (Wildman–Crippen LogP) is 5.20. The van der Waals surface area contributed by atoms with E-state index in [1.54, 1.807) is 13.0 Å². The molecule has 0 saturated heterocycles. The Morgan fingerprint density at radius 3 is 2.62 bits per heavy atom. The lowest BCUT2D eigenvalue weighted by Crippen LogP contribution is -1.99. The highest BCUT2D eigenvalue weighted by atomic mass is 35.5. The number of benzene rings is 2. The zero-order chi connectivity index (χ0) is 15.0. The minimum absolute atomic E-state index is 0.0622. The van der Waals surface area contributed by atoms with Gasteiger partial charge in [0, 0.05) is 39.3 Å². The van der Waals surface area contributed by atoms with E-state index < -0.39 is 0 Å². The highest BCUT2D eigenvalue weighted by Gasteiger charge is 2.12. The second-order valence-corrected chi connectivity index (χ2v) is 5.82. The molecule has 0 aliphatic heterocycles. The molecule has 0 atom stereocenters. The lowest BCUT2D eigenvalue weighted by atomic mass is 10.1. The number of hydrogen-bond donors (Lipinski definition) is 0. The molecule has 2 aromatic carbocycles. The van der Waals surface area contributed by atoms with Crippen molar-refractivity contribution in [1.82, 2.24) is 4.57 Å². The Morgan fingerprint density at radius 1 is 1.14 bits per heavy atom. The van der Waals surface area contributed by atoms with Crippen molar-refractivity contribution in [2.24, 2.45) is 0 Å². The van der Waals surface area contributed by atoms with E-state index in [-0.39, 0.29) is 5.78 Å². The number of halogens is 2. The van der Waals surface area contributed by atoms with Crippen LogP contribution >= 0.6 is 23.2 Å². The molecule has 0 aliphatic carbocycles. The lowest BCUT2D eigenvalue weighted by Gasteiger charge is -2.08. The minimum atomic E-state index is 0.0622. The van der Waals surface area contributed by atoms with Crippen LogP contribution in [0.1, 0.15) is 22.8 Å². The number of aromatic nitrogens is 1. The van der Waals surface area contributed by atoms with Gasteiger partial charge in [-0.15, -0.1) is 0 Å². The third kappa shape index (κ3) is 2.69. The van der Waals surface area contributed by atoms with Gasteiger partial charge in [-0.25, -0.2) is 0 Å². The molecule has 2 nitrogen and oxygen atoms in total. The number of rotatable bonds is 3. The average molecular weight is 318 g/mol. The van der Waals surface area contributed by atoms with Crippen LogP contribution in [-0.2, 0) is 6.54 Å². The summed E-state index contributed by atoms with van der Waals surface area (Å²) in [5, 5.41) is 2.21. The molecule has 0 bridgehead atoms. The maximum absolute atomic E-state index is 11.8. The van der Waals surface area contributed by atoms with Crippen LogP contribution in [0.3, 0.4) is 0 Å². The Labute approximate surface area is 132 Å². The van der Waals surface area contributed by atoms with Crippen LogP contribution in [0.4, 0.5) is 0 Å². The summed E-state index contributed by atoms with van der Waals surface area (Å²) >= 11 is 12.2. The normalized spacial score (nSPS) is 11.0. The van der Waals surface area contributed by atoms with Gasteiger partial charge in [-0.3, -0.25) is 4.79 Å². The monoisotopic (exact) mass is 317 g/mol. The van der Waals surface area contributed by atoms with Crippen LogP contribution in [0.25, 0.3) is 10.9 Å². The molecule has 4 heteroatoms. The van der Waals surface area contributed by atoms with Gasteiger partial charge in [0.15, 0.2) is 5.78 Å². The molecule has 0 N–H and O–H groups in total. The van der Waals surface area contributed by atoms with Crippen LogP contribution in [0, 0.1) is 0 Å². The van der Waals surface area contributed by atoms with Gasteiger partial charge in [0.1, 0.15) is 0 Å². The summed E-state index contributed by atoms with van der Waals surface area (Å²) in [5.41, 5.74) is 2.72. The van der Waals surface area contributed by atoms with Gasteiger partial charge in [-0.05, 0) is 30.7 Å². The lowest BCUT2D eigenvalue weighted by molar-refractivity contribution is 0.101. The first-order chi connectivity index (χ1) is 10.1. The van der Waals surface area contributed by atoms with Gasteiger partial charge in [-0.1, -0.05) is 47.5 Å². The number of carbonyl (C=O) groups is 1. The summed E-state index contributed by atoms with van der Waals surface area (Å²) < 4.78 is 2.04. The molecule has 0 unspecified atom stereocenters. The van der Waals surface area contributed by atoms with Gasteiger partial charge in [0.25, 0.3) is 0 Å². The molecular formula is C17H13Cl2NO. The quantitative estimate of drug-likeness (QED) is 0.608. The molecule has 3 aromatic rings. The molecular weight excluding hydrogens is 305 g/mol. The zero-order valence-corrected chi connectivity index (χ0v) is 12.9. The van der Waals surface area contributed by atoms with Gasteiger partial charge < -0.3 is 4.57 Å². The first-order valence-electron chi connectivity index (χ1n) is 6.59. The van der Waals surface area contributed by atoms with E-state index in [1.807, 2.05) is 47.2 Å². The van der Waals surface area contributed by atoms with Gasteiger partial charge in [-0.2, -0.15) is 0 Å². The molecule has 0 spiro atoms. The predicted molar refractivity (Wildman–Crippen MR) is 87.5 cm³/mol. The number of hydrogen-bond acceptors (Lipinski definition) is 1. The summed E-state index contributed by atoms with van der Waals surface area (Å²) in [7, 11) is 0. The number of nitrogens with zero attached hydrogens (tertiary/aromatic N) is 1. The Bertz CT molecular complexity index is 836. The number of carbonyl (C=O) groups excluding carboxylic acids is 1. The summed E-state index contributed by atoms with van der Waals surface area (Å²) in [6.07, 6.45) is 1.89. The third-order valence-corrected chi connectivity index (χ3v) is 4.11. The Kier molecular flexibility index (Phi) is 3.75. The molecule has 0 fully saturated rings. The second-order valence-electron chi connectivity index (χ2n) is 4.98. The van der Waals surface area contributed by atoms with Crippen molar-refractivity contribution in [2.45, 2.75) is 13.5 Å². The molecule has 3 rings (SSSR count). The topological polar surface area (TPSA) is 22.0 Å². The summed E-state index contributed by atoms with van der Waals surface area (Å²) in [6.45, 7) is 2.19. The maximum atomic E-state index is 11.8. The standard InChI is InChI=1S/C17H13Cl2NO/c1-11(21)15-10-20(17-5-3-2-4-14(15)17)9-12-6-7-13(18)8-16(12)19/h2-8,10H,9H2,1H3. The highest BCUT2D eigenvalue weighted by Crippen LogP contribution is 2.26. The van der Waals surface area contributed by atoms with Crippen LogP contribution in [0.2, 0.25) is 10.0 Å². The van der Waals surface area contributed by atoms with E-state index in [0.29, 0.717) is 16.6 Å². The molecule has 0 radical (unpaired) electrons. The van der Waals surface area contributed by atoms with Crippen molar-refractivity contribution in [3.8, 4) is 0 Å². The number of Topliss-reactive ketones (excluding diaryl/α,β-unsaturated/α-hetero) is 1. The zero-order valence-electron chi connectivity index (χ0n) is 11.4. The SMILES string of the molecule is CC(=O)c1cn(Cc2ccc(Cl)cc2Cl)c2ccccc12. The van der Waals surface area contributed by atoms with E-state index >= 15 is 0 Å². The van der Waals surface area contributed by atoms with Crippen molar-refractivity contribution in [1.29, 1.82) is 0 Å². The average Bonchev–Trinajstić information content (AvgIpc) is 2.81. The first kappa shape index (κ1) is 14.2. The summed E-state index contributed by atoms with van der Waals surface area (Å²) in [5.74, 6) is 0.0622. The smallest absolute Gasteiger partial charge is 0.161 e. The van der Waals surface area contributed by atoms with Crippen LogP contribution < -0.4 is 0 Å². The Hall–Kier alpha value is -1.77. The van der Waals surface area contributed by atoms with E-state index in [0.717, 1.165) is 22.0 Å². The molecule has 1 heterocycles. The van der Waals surface area contributed by atoms with E-state index in [1.165, 1.54) is 0 Å². The van der Waals surface area contributed by atoms with Crippen molar-refractivity contribution in [3.05, 3.63) is 69.8 Å². The molecule has 0 saturated carbocycles. The molecule has 0 aliphatic rings. The highest BCUT2D eigenvalue weighted by molar-refractivity contribution is 6.35. The largest absolute Gasteiger partial charge is 0.342 e. The van der Waals surface area contributed by atoms with E-state index in [9.17, 15) is 4.79 Å². The van der Waals surface area contributed by atoms with E-state index in [4.69, 9.17) is 23.2 Å². The fourth-order valence-corrected chi connectivity index (χ4v) is 2.96. The first-order valence-corrected chi connectivity index (χ1v) is 7.34. The number of para-hydroxylation sites is 1. The number of fused-ring (bicyclic) bond motifs is 1. The van der Waals surface area contributed by atoms with Crippen LogP contribution in [0.5, 0.6) is 0 Å². The second kappa shape index (κ2) is 5.55. The van der Waals surface area contributed by atoms with Crippen molar-refractivity contribution in [3.63, 3.8) is 0 Å². The maximum Gasteiger partial charge on any atom is 0.161 e. The Balaban J connectivity index is 2.10. The summed E-state index contributed by atoms with van der Waals surface area (Å²) in [6, 6.07) is 13.3. The van der Waals surface area contributed by atoms with Crippen molar-refractivity contribution < 1.29 is 4.79 Å². The van der Waals surface area contributed by atoms with Crippen molar-refractivity contribution in [2.75, 3.05) is 0 Å². The fraction of sp³-hybridized carbons (Fsp3) is 0.118. The van der Waals surface area contributed by atoms with Gasteiger partial charge >= 0.3 is 0 Å². The molecule has 106 valence electrons. The minimum Gasteiger partial charge on any atom is -0.342 e. The third-order valence-electron chi connectivity index (χ3n) is 3.52.